The SMILES string of the molecule is Cc1cc(C(=O)O)ccc1NCc1ccc(O)c(Cl)c1. The minimum absolute atomic E-state index is 0.0532. The molecule has 0 heterocycles. The summed E-state index contributed by atoms with van der Waals surface area (Å²) in [5, 5.41) is 21.8. The van der Waals surface area contributed by atoms with Crippen LogP contribution in [-0.2, 0) is 6.54 Å². The van der Waals surface area contributed by atoms with Gasteiger partial charge in [-0.1, -0.05) is 17.7 Å². The van der Waals surface area contributed by atoms with E-state index in [-0.39, 0.29) is 11.3 Å². The van der Waals surface area contributed by atoms with Crippen molar-refractivity contribution >= 4 is 23.3 Å². The van der Waals surface area contributed by atoms with Crippen molar-refractivity contribution in [2.24, 2.45) is 0 Å². The number of aromatic carboxylic acids is 1. The van der Waals surface area contributed by atoms with Gasteiger partial charge in [0.1, 0.15) is 5.75 Å². The number of hydrogen-bond acceptors (Lipinski definition) is 3. The molecule has 3 N–H and O–H groups in total. The number of phenolic OH excluding ortho intramolecular Hbond substituents is 1. The number of nitrogens with one attached hydrogen (secondary N) is 1. The molecule has 2 aromatic carbocycles. The highest BCUT2D eigenvalue weighted by molar-refractivity contribution is 6.32. The Morgan fingerprint density at radius 3 is 2.60 bits per heavy atom. The summed E-state index contributed by atoms with van der Waals surface area (Å²) in [6.07, 6.45) is 0. The molecule has 0 saturated heterocycles. The fourth-order valence-corrected chi connectivity index (χ4v) is 2.06. The number of anilines is 1. The van der Waals surface area contributed by atoms with Crippen LogP contribution in [0.2, 0.25) is 5.02 Å². The highest BCUT2D eigenvalue weighted by Gasteiger charge is 2.06. The highest BCUT2D eigenvalue weighted by atomic mass is 35.5. The summed E-state index contributed by atoms with van der Waals surface area (Å²) in [6, 6.07) is 9.91. The molecule has 0 aliphatic heterocycles. The van der Waals surface area contributed by atoms with Crippen molar-refractivity contribution in [3.05, 3.63) is 58.1 Å². The van der Waals surface area contributed by atoms with Crippen LogP contribution in [-0.4, -0.2) is 16.2 Å². The Labute approximate surface area is 121 Å². The molecule has 2 rings (SSSR count). The zero-order chi connectivity index (χ0) is 14.7. The van der Waals surface area contributed by atoms with Crippen LogP contribution >= 0.6 is 11.6 Å². The Hall–Kier alpha value is -2.20. The Balaban J connectivity index is 2.10. The van der Waals surface area contributed by atoms with E-state index >= 15 is 0 Å². The lowest BCUT2D eigenvalue weighted by Gasteiger charge is -2.11. The topological polar surface area (TPSA) is 69.6 Å². The first-order valence-electron chi connectivity index (χ1n) is 6.02. The van der Waals surface area contributed by atoms with Crippen molar-refractivity contribution in [2.45, 2.75) is 13.5 Å². The van der Waals surface area contributed by atoms with Gasteiger partial charge in [0.2, 0.25) is 0 Å². The monoisotopic (exact) mass is 291 g/mol. The smallest absolute Gasteiger partial charge is 0.335 e. The van der Waals surface area contributed by atoms with E-state index < -0.39 is 5.97 Å². The fraction of sp³-hybridized carbons (Fsp3) is 0.133. The standard InChI is InChI=1S/C15H14ClNO3/c1-9-6-11(15(19)20)3-4-13(9)17-8-10-2-5-14(18)12(16)7-10/h2-7,17-18H,8H2,1H3,(H,19,20). The molecule has 104 valence electrons. The number of hydrogen-bond donors (Lipinski definition) is 3. The Bertz CT molecular complexity index is 656. The van der Waals surface area contributed by atoms with E-state index in [4.69, 9.17) is 16.7 Å². The average molecular weight is 292 g/mol. The quantitative estimate of drug-likeness (QED) is 0.804. The first kappa shape index (κ1) is 14.2. The zero-order valence-corrected chi connectivity index (χ0v) is 11.6. The normalized spacial score (nSPS) is 10.3. The maximum Gasteiger partial charge on any atom is 0.335 e. The lowest BCUT2D eigenvalue weighted by molar-refractivity contribution is 0.0697. The molecular formula is C15H14ClNO3. The lowest BCUT2D eigenvalue weighted by atomic mass is 10.1. The van der Waals surface area contributed by atoms with E-state index in [1.165, 1.54) is 0 Å². The van der Waals surface area contributed by atoms with Crippen LogP contribution in [0.4, 0.5) is 5.69 Å². The van der Waals surface area contributed by atoms with Crippen molar-refractivity contribution in [1.82, 2.24) is 0 Å². The van der Waals surface area contributed by atoms with Crippen LogP contribution in [0.15, 0.2) is 36.4 Å². The van der Waals surface area contributed by atoms with Crippen LogP contribution in [0, 0.1) is 6.92 Å². The Morgan fingerprint density at radius 2 is 2.00 bits per heavy atom. The molecule has 0 amide bonds. The molecule has 2 aromatic rings. The molecule has 0 spiro atoms. The fourth-order valence-electron chi connectivity index (χ4n) is 1.85. The predicted octanol–water partition coefficient (Wildman–Crippen LogP) is 3.66. The largest absolute Gasteiger partial charge is 0.506 e. The molecule has 0 fully saturated rings. The Morgan fingerprint density at radius 1 is 1.25 bits per heavy atom. The number of carboxylic acid groups (broad SMARTS) is 1. The second-order valence-corrected chi connectivity index (χ2v) is 4.88. The molecule has 5 heteroatoms. The molecule has 0 atom stereocenters. The number of rotatable bonds is 4. The summed E-state index contributed by atoms with van der Waals surface area (Å²) in [4.78, 5) is 10.9. The first-order chi connectivity index (χ1) is 9.47. The second kappa shape index (κ2) is 5.84. The number of aryl methyl sites for hydroxylation is 1. The number of carboxylic acids is 1. The van der Waals surface area contributed by atoms with Gasteiger partial charge in [0, 0.05) is 12.2 Å². The van der Waals surface area contributed by atoms with Gasteiger partial charge >= 0.3 is 5.97 Å². The summed E-state index contributed by atoms with van der Waals surface area (Å²) < 4.78 is 0. The van der Waals surface area contributed by atoms with Gasteiger partial charge in [-0.25, -0.2) is 4.79 Å². The maximum absolute atomic E-state index is 10.9. The molecular weight excluding hydrogens is 278 g/mol. The summed E-state index contributed by atoms with van der Waals surface area (Å²) in [6.45, 7) is 2.38. The van der Waals surface area contributed by atoms with E-state index in [9.17, 15) is 9.90 Å². The van der Waals surface area contributed by atoms with Gasteiger partial charge < -0.3 is 15.5 Å². The number of halogens is 1. The van der Waals surface area contributed by atoms with E-state index in [2.05, 4.69) is 5.32 Å². The summed E-state index contributed by atoms with van der Waals surface area (Å²) >= 11 is 5.84. The molecule has 0 unspecified atom stereocenters. The van der Waals surface area contributed by atoms with Crippen molar-refractivity contribution in [3.8, 4) is 5.75 Å². The maximum atomic E-state index is 10.9. The summed E-state index contributed by atoms with van der Waals surface area (Å²) in [5.74, 6) is -0.887. The highest BCUT2D eigenvalue weighted by Crippen LogP contribution is 2.24. The number of carbonyl (C=O) groups is 1. The Kier molecular flexibility index (Phi) is 4.15. The summed E-state index contributed by atoms with van der Waals surface area (Å²) in [5.41, 5.74) is 2.91. The van der Waals surface area contributed by atoms with Gasteiger partial charge in [-0.15, -0.1) is 0 Å². The minimum Gasteiger partial charge on any atom is -0.506 e. The lowest BCUT2D eigenvalue weighted by Crippen LogP contribution is -2.03. The van der Waals surface area contributed by atoms with E-state index in [1.807, 2.05) is 6.92 Å². The molecule has 0 aromatic heterocycles. The summed E-state index contributed by atoms with van der Waals surface area (Å²) in [7, 11) is 0. The molecule has 0 aliphatic rings. The van der Waals surface area contributed by atoms with Crippen molar-refractivity contribution in [2.75, 3.05) is 5.32 Å². The van der Waals surface area contributed by atoms with Gasteiger partial charge in [0.25, 0.3) is 0 Å². The van der Waals surface area contributed by atoms with E-state index in [0.29, 0.717) is 11.6 Å². The van der Waals surface area contributed by atoms with Crippen LogP contribution < -0.4 is 5.32 Å². The van der Waals surface area contributed by atoms with Crippen LogP contribution in [0.3, 0.4) is 0 Å². The van der Waals surface area contributed by atoms with Gasteiger partial charge in [-0.3, -0.25) is 0 Å². The van der Waals surface area contributed by atoms with Gasteiger partial charge in [-0.05, 0) is 48.4 Å². The second-order valence-electron chi connectivity index (χ2n) is 4.47. The third kappa shape index (κ3) is 3.22. The molecule has 0 bridgehead atoms. The molecule has 0 aliphatic carbocycles. The zero-order valence-electron chi connectivity index (χ0n) is 10.9. The van der Waals surface area contributed by atoms with Crippen molar-refractivity contribution < 1.29 is 15.0 Å². The number of aromatic hydroxyl groups is 1. The van der Waals surface area contributed by atoms with E-state index in [1.54, 1.807) is 36.4 Å². The van der Waals surface area contributed by atoms with Gasteiger partial charge in [0.15, 0.2) is 0 Å². The van der Waals surface area contributed by atoms with Gasteiger partial charge in [-0.2, -0.15) is 0 Å². The van der Waals surface area contributed by atoms with Crippen LogP contribution in [0.5, 0.6) is 5.75 Å². The molecule has 0 saturated carbocycles. The first-order valence-corrected chi connectivity index (χ1v) is 6.40. The van der Waals surface area contributed by atoms with Gasteiger partial charge in [0.05, 0.1) is 10.6 Å². The third-order valence-corrected chi connectivity index (χ3v) is 3.27. The molecule has 20 heavy (non-hydrogen) atoms. The molecule has 0 radical (unpaired) electrons. The number of benzene rings is 2. The average Bonchev–Trinajstić information content (AvgIpc) is 2.41. The predicted molar refractivity (Wildman–Crippen MR) is 78.6 cm³/mol. The van der Waals surface area contributed by atoms with Crippen molar-refractivity contribution in [3.63, 3.8) is 0 Å². The van der Waals surface area contributed by atoms with Crippen molar-refractivity contribution in [1.29, 1.82) is 0 Å². The van der Waals surface area contributed by atoms with Crippen LogP contribution in [0.25, 0.3) is 0 Å². The van der Waals surface area contributed by atoms with E-state index in [0.717, 1.165) is 16.8 Å². The number of phenols is 1. The third-order valence-electron chi connectivity index (χ3n) is 2.97. The van der Waals surface area contributed by atoms with Crippen LogP contribution in [0.1, 0.15) is 21.5 Å². The minimum atomic E-state index is -0.940. The molecule has 4 nitrogen and oxygen atoms in total.